The van der Waals surface area contributed by atoms with E-state index in [4.69, 9.17) is 11.6 Å². The third kappa shape index (κ3) is 3.63. The van der Waals surface area contributed by atoms with Crippen LogP contribution in [0.1, 0.15) is 11.3 Å². The van der Waals surface area contributed by atoms with Gasteiger partial charge in [0.2, 0.25) is 5.91 Å². The van der Waals surface area contributed by atoms with Gasteiger partial charge in [-0.3, -0.25) is 4.79 Å². The molecule has 0 saturated heterocycles. The van der Waals surface area contributed by atoms with Crippen molar-refractivity contribution in [2.75, 3.05) is 25.0 Å². The first kappa shape index (κ1) is 17.5. The standard InChI is InChI=1S/C19H18ClN3OS2/c1-22-8-9-23(11-13-4-2-3-5-15(13)22)18(24)10-14-12-25-19(21-14)16-6-7-17(20)26-16/h2-7,12H,8-11H2,1H3. The van der Waals surface area contributed by atoms with Gasteiger partial charge in [0.05, 0.1) is 21.3 Å². The van der Waals surface area contributed by atoms with Crippen LogP contribution in [0.25, 0.3) is 9.88 Å². The zero-order chi connectivity index (χ0) is 18.1. The molecule has 0 spiro atoms. The Bertz CT molecular complexity index is 936. The number of hydrogen-bond acceptors (Lipinski definition) is 5. The predicted molar refractivity (Wildman–Crippen MR) is 109 cm³/mol. The SMILES string of the molecule is CN1CCN(C(=O)Cc2csc(-c3ccc(Cl)s3)n2)Cc2ccccc21. The van der Waals surface area contributed by atoms with Gasteiger partial charge in [-0.1, -0.05) is 29.8 Å². The Balaban J connectivity index is 1.48. The monoisotopic (exact) mass is 403 g/mol. The van der Waals surface area contributed by atoms with Crippen LogP contribution in [0.3, 0.4) is 0 Å². The van der Waals surface area contributed by atoms with Crippen molar-refractivity contribution < 1.29 is 4.79 Å². The number of likely N-dealkylation sites (N-methyl/N-ethyl adjacent to an activating group) is 1. The van der Waals surface area contributed by atoms with E-state index in [0.717, 1.165) is 33.0 Å². The number of aromatic nitrogens is 1. The van der Waals surface area contributed by atoms with E-state index in [1.165, 1.54) is 22.6 Å². The molecule has 0 bridgehead atoms. The summed E-state index contributed by atoms with van der Waals surface area (Å²) in [7, 11) is 2.08. The lowest BCUT2D eigenvalue weighted by Crippen LogP contribution is -2.35. The van der Waals surface area contributed by atoms with Crippen molar-refractivity contribution in [2.45, 2.75) is 13.0 Å². The van der Waals surface area contributed by atoms with Crippen LogP contribution in [-0.4, -0.2) is 35.9 Å². The van der Waals surface area contributed by atoms with Crippen molar-refractivity contribution in [3.05, 3.63) is 57.4 Å². The zero-order valence-electron chi connectivity index (χ0n) is 14.3. The maximum absolute atomic E-state index is 12.8. The van der Waals surface area contributed by atoms with E-state index in [1.807, 2.05) is 34.5 Å². The highest BCUT2D eigenvalue weighted by atomic mass is 35.5. The number of fused-ring (bicyclic) bond motifs is 1. The van der Waals surface area contributed by atoms with Crippen LogP contribution in [0.2, 0.25) is 4.34 Å². The number of thiazole rings is 1. The van der Waals surface area contributed by atoms with E-state index in [2.05, 4.69) is 29.1 Å². The fraction of sp³-hybridized carbons (Fsp3) is 0.263. The van der Waals surface area contributed by atoms with E-state index >= 15 is 0 Å². The minimum atomic E-state index is 0.121. The van der Waals surface area contributed by atoms with Crippen molar-refractivity contribution in [2.24, 2.45) is 0 Å². The number of halogens is 1. The van der Waals surface area contributed by atoms with E-state index in [9.17, 15) is 4.79 Å². The van der Waals surface area contributed by atoms with Gasteiger partial charge in [0, 0.05) is 37.7 Å². The summed E-state index contributed by atoms with van der Waals surface area (Å²) in [5.74, 6) is 0.121. The number of thiophene rings is 1. The van der Waals surface area contributed by atoms with E-state index in [-0.39, 0.29) is 5.91 Å². The van der Waals surface area contributed by atoms with E-state index in [0.29, 0.717) is 13.0 Å². The number of nitrogens with zero attached hydrogens (tertiary/aromatic N) is 3. The number of carbonyl (C=O) groups excluding carboxylic acids is 1. The smallest absolute Gasteiger partial charge is 0.228 e. The zero-order valence-corrected chi connectivity index (χ0v) is 16.7. The molecule has 3 heterocycles. The second-order valence-electron chi connectivity index (χ2n) is 6.29. The molecule has 0 radical (unpaired) electrons. The molecule has 1 aliphatic heterocycles. The van der Waals surface area contributed by atoms with Crippen LogP contribution in [0.4, 0.5) is 5.69 Å². The summed E-state index contributed by atoms with van der Waals surface area (Å²) in [6.45, 7) is 2.21. The third-order valence-corrected chi connectivity index (χ3v) is 6.78. The van der Waals surface area contributed by atoms with Crippen LogP contribution >= 0.6 is 34.3 Å². The molecule has 0 N–H and O–H groups in total. The average molecular weight is 404 g/mol. The molecule has 2 aromatic heterocycles. The molecular weight excluding hydrogens is 386 g/mol. The first-order valence-corrected chi connectivity index (χ1v) is 10.4. The molecule has 134 valence electrons. The van der Waals surface area contributed by atoms with Crippen LogP contribution in [0.15, 0.2) is 41.8 Å². The molecule has 7 heteroatoms. The fourth-order valence-corrected chi connectivity index (χ4v) is 5.04. The number of benzene rings is 1. The van der Waals surface area contributed by atoms with Gasteiger partial charge in [0.15, 0.2) is 0 Å². The lowest BCUT2D eigenvalue weighted by molar-refractivity contribution is -0.130. The molecular formula is C19H18ClN3OS2. The number of carbonyl (C=O) groups is 1. The Labute approximate surface area is 165 Å². The second-order valence-corrected chi connectivity index (χ2v) is 8.86. The van der Waals surface area contributed by atoms with Gasteiger partial charge in [-0.05, 0) is 23.8 Å². The lowest BCUT2D eigenvalue weighted by atomic mass is 10.1. The van der Waals surface area contributed by atoms with Crippen LogP contribution in [0, 0.1) is 0 Å². The molecule has 0 fully saturated rings. The second kappa shape index (κ2) is 7.39. The topological polar surface area (TPSA) is 36.4 Å². The normalized spacial score (nSPS) is 14.2. The maximum Gasteiger partial charge on any atom is 0.228 e. The summed E-state index contributed by atoms with van der Waals surface area (Å²) in [5.41, 5.74) is 3.21. The Kier molecular flexibility index (Phi) is 4.98. The molecule has 0 unspecified atom stereocenters. The number of amides is 1. The molecule has 0 saturated carbocycles. The Morgan fingerprint density at radius 1 is 1.23 bits per heavy atom. The molecule has 1 aromatic carbocycles. The summed E-state index contributed by atoms with van der Waals surface area (Å²) >= 11 is 9.07. The molecule has 0 aliphatic carbocycles. The maximum atomic E-state index is 12.8. The summed E-state index contributed by atoms with van der Waals surface area (Å²) in [6.07, 6.45) is 0.335. The number of hydrogen-bond donors (Lipinski definition) is 0. The van der Waals surface area contributed by atoms with Crippen molar-refractivity contribution in [3.8, 4) is 9.88 Å². The number of anilines is 1. The molecule has 0 atom stereocenters. The third-order valence-electron chi connectivity index (χ3n) is 4.49. The predicted octanol–water partition coefficient (Wildman–Crippen LogP) is 4.55. The quantitative estimate of drug-likeness (QED) is 0.643. The lowest BCUT2D eigenvalue weighted by Gasteiger charge is -2.20. The van der Waals surface area contributed by atoms with Crippen molar-refractivity contribution in [1.82, 2.24) is 9.88 Å². The number of rotatable bonds is 3. The number of para-hydroxylation sites is 1. The van der Waals surface area contributed by atoms with E-state index < -0.39 is 0 Å². The summed E-state index contributed by atoms with van der Waals surface area (Å²) in [4.78, 5) is 22.7. The highest BCUT2D eigenvalue weighted by Gasteiger charge is 2.22. The van der Waals surface area contributed by atoms with Crippen LogP contribution < -0.4 is 4.90 Å². The van der Waals surface area contributed by atoms with Gasteiger partial charge in [-0.25, -0.2) is 4.98 Å². The first-order chi connectivity index (χ1) is 12.6. The Morgan fingerprint density at radius 2 is 2.08 bits per heavy atom. The molecule has 4 rings (SSSR count). The molecule has 3 aromatic rings. The Hall–Kier alpha value is -1.89. The van der Waals surface area contributed by atoms with Crippen LogP contribution in [-0.2, 0) is 17.8 Å². The molecule has 26 heavy (non-hydrogen) atoms. The summed E-state index contributed by atoms with van der Waals surface area (Å²) in [5, 5.41) is 2.89. The largest absolute Gasteiger partial charge is 0.373 e. The van der Waals surface area contributed by atoms with Crippen LogP contribution in [0.5, 0.6) is 0 Å². The molecule has 1 amide bonds. The summed E-state index contributed by atoms with van der Waals surface area (Å²) < 4.78 is 0.750. The van der Waals surface area contributed by atoms with Crippen molar-refractivity contribution >= 4 is 45.9 Å². The van der Waals surface area contributed by atoms with Gasteiger partial charge >= 0.3 is 0 Å². The molecule has 1 aliphatic rings. The summed E-state index contributed by atoms with van der Waals surface area (Å²) in [6, 6.07) is 12.1. The van der Waals surface area contributed by atoms with Gasteiger partial charge < -0.3 is 9.80 Å². The minimum Gasteiger partial charge on any atom is -0.373 e. The fourth-order valence-electron chi connectivity index (χ4n) is 3.10. The van der Waals surface area contributed by atoms with E-state index in [1.54, 1.807) is 11.3 Å². The highest BCUT2D eigenvalue weighted by Crippen LogP contribution is 2.33. The average Bonchev–Trinajstić information content (AvgIpc) is 3.23. The van der Waals surface area contributed by atoms with Gasteiger partial charge in [-0.2, -0.15) is 0 Å². The van der Waals surface area contributed by atoms with Crippen molar-refractivity contribution in [3.63, 3.8) is 0 Å². The van der Waals surface area contributed by atoms with Gasteiger partial charge in [-0.15, -0.1) is 22.7 Å². The molecule has 4 nitrogen and oxygen atoms in total. The Morgan fingerprint density at radius 3 is 2.88 bits per heavy atom. The highest BCUT2D eigenvalue weighted by molar-refractivity contribution is 7.23. The van der Waals surface area contributed by atoms with Gasteiger partial charge in [0.25, 0.3) is 0 Å². The first-order valence-electron chi connectivity index (χ1n) is 8.37. The minimum absolute atomic E-state index is 0.121. The van der Waals surface area contributed by atoms with Crippen molar-refractivity contribution in [1.29, 1.82) is 0 Å². The van der Waals surface area contributed by atoms with Gasteiger partial charge in [0.1, 0.15) is 5.01 Å².